The van der Waals surface area contributed by atoms with Gasteiger partial charge < -0.3 is 31.1 Å². The molecule has 344 valence electrons. The normalized spacial score (nSPS) is 16.9. The minimum absolute atomic E-state index is 0.0264. The van der Waals surface area contributed by atoms with Crippen LogP contribution in [0.5, 0.6) is 0 Å². The highest BCUT2D eigenvalue weighted by Gasteiger charge is 2.44. The first-order chi connectivity index (χ1) is 31.7. The summed E-state index contributed by atoms with van der Waals surface area (Å²) in [4.78, 5) is 50.0. The van der Waals surface area contributed by atoms with Crippen molar-refractivity contribution in [1.82, 2.24) is 30.6 Å². The lowest BCUT2D eigenvalue weighted by Crippen LogP contribution is -2.43. The van der Waals surface area contributed by atoms with Crippen LogP contribution < -0.4 is 31.1 Å². The molecule has 0 bridgehead atoms. The largest absolute Gasteiger partial charge is 0.369 e. The summed E-state index contributed by atoms with van der Waals surface area (Å²) in [5, 5.41) is 14.6. The molecule has 0 atom stereocenters. The van der Waals surface area contributed by atoms with Gasteiger partial charge in [-0.25, -0.2) is 26.8 Å². The number of fused-ring (bicyclic) bond motifs is 4. The molecule has 4 N–H and O–H groups in total. The lowest BCUT2D eigenvalue weighted by atomic mass is 10.1. The summed E-state index contributed by atoms with van der Waals surface area (Å²) in [6.07, 6.45) is 3.59. The Morgan fingerprint density at radius 3 is 1.68 bits per heavy atom. The van der Waals surface area contributed by atoms with Crippen molar-refractivity contribution in [2.45, 2.75) is 80.8 Å². The van der Waals surface area contributed by atoms with E-state index >= 15 is 0 Å². The van der Waals surface area contributed by atoms with Crippen molar-refractivity contribution in [1.29, 1.82) is 0 Å². The molecule has 16 nitrogen and oxygen atoms in total. The predicted octanol–water partition coefficient (Wildman–Crippen LogP) is 5.63. The maximum atomic E-state index is 13.1. The number of unbranched alkanes of at least 4 members (excludes halogenated alkanes) is 2. The van der Waals surface area contributed by atoms with Crippen molar-refractivity contribution < 1.29 is 26.4 Å². The number of benzene rings is 4. The molecule has 1 fully saturated rings. The average Bonchev–Trinajstić information content (AvgIpc) is 4.10. The van der Waals surface area contributed by atoms with E-state index in [9.17, 15) is 26.4 Å². The third-order valence-corrected chi connectivity index (χ3v) is 16.1. The van der Waals surface area contributed by atoms with Gasteiger partial charge in [0.05, 0.1) is 37.9 Å². The van der Waals surface area contributed by atoms with Crippen molar-refractivity contribution in [2.75, 3.05) is 64.7 Å². The van der Waals surface area contributed by atoms with Crippen LogP contribution in [0.3, 0.4) is 0 Å². The van der Waals surface area contributed by atoms with Crippen LogP contribution in [0, 0.1) is 13.8 Å². The first-order valence-electron chi connectivity index (χ1n) is 22.5. The average molecular weight is 931 g/mol. The third kappa shape index (κ3) is 10.0. The Morgan fingerprint density at radius 2 is 1.14 bits per heavy atom. The van der Waals surface area contributed by atoms with Gasteiger partial charge in [0, 0.05) is 56.6 Å². The van der Waals surface area contributed by atoms with Gasteiger partial charge >= 0.3 is 0 Å². The van der Waals surface area contributed by atoms with E-state index in [0.717, 1.165) is 70.6 Å². The van der Waals surface area contributed by atoms with Crippen LogP contribution in [-0.4, -0.2) is 98.4 Å². The lowest BCUT2D eigenvalue weighted by Gasteiger charge is -2.23. The fourth-order valence-electron chi connectivity index (χ4n) is 8.64. The van der Waals surface area contributed by atoms with Gasteiger partial charge in [-0.2, -0.15) is 9.97 Å². The van der Waals surface area contributed by atoms with Crippen LogP contribution in [0.15, 0.2) is 94.7 Å². The van der Waals surface area contributed by atoms with Crippen LogP contribution in [0.25, 0.3) is 21.8 Å². The van der Waals surface area contributed by atoms with E-state index in [0.29, 0.717) is 71.6 Å². The summed E-state index contributed by atoms with van der Waals surface area (Å²) in [7, 11) is -6.89. The maximum Gasteiger partial charge on any atom is 0.229 e. The van der Waals surface area contributed by atoms with Gasteiger partial charge in [0.2, 0.25) is 23.7 Å². The zero-order valence-corrected chi connectivity index (χ0v) is 38.8. The second-order valence-electron chi connectivity index (χ2n) is 17.7. The van der Waals surface area contributed by atoms with Gasteiger partial charge in [0.15, 0.2) is 19.7 Å². The van der Waals surface area contributed by atoms with Gasteiger partial charge in [-0.15, -0.1) is 0 Å². The topological polar surface area (TPSA) is 209 Å². The molecule has 0 spiro atoms. The van der Waals surface area contributed by atoms with E-state index in [-0.39, 0.29) is 42.8 Å². The summed E-state index contributed by atoms with van der Waals surface area (Å²) in [6, 6.07) is 26.1. The Balaban J connectivity index is 0.751. The van der Waals surface area contributed by atoms with Crippen molar-refractivity contribution in [3.8, 4) is 0 Å². The smallest absolute Gasteiger partial charge is 0.229 e. The number of aryl methyl sites for hydroxylation is 2. The molecule has 0 saturated heterocycles. The lowest BCUT2D eigenvalue weighted by molar-refractivity contribution is -0.129. The fraction of sp³-hybridized carbons (Fsp3) is 0.375. The van der Waals surface area contributed by atoms with Crippen LogP contribution in [0.2, 0.25) is 0 Å². The van der Waals surface area contributed by atoms with Crippen molar-refractivity contribution >= 4 is 76.8 Å². The highest BCUT2D eigenvalue weighted by Crippen LogP contribution is 2.37. The summed E-state index contributed by atoms with van der Waals surface area (Å²) < 4.78 is 52.2. The molecule has 6 aromatic rings. The van der Waals surface area contributed by atoms with E-state index in [1.165, 1.54) is 0 Å². The molecule has 2 aromatic heterocycles. The van der Waals surface area contributed by atoms with Gasteiger partial charge in [-0.3, -0.25) is 9.59 Å². The summed E-state index contributed by atoms with van der Waals surface area (Å²) in [5.74, 6) is 1.41. The van der Waals surface area contributed by atoms with Crippen LogP contribution in [0.1, 0.15) is 60.8 Å². The van der Waals surface area contributed by atoms with Crippen LogP contribution in [-0.2, 0) is 42.4 Å². The van der Waals surface area contributed by atoms with Crippen molar-refractivity contribution in [3.63, 3.8) is 0 Å². The Kier molecular flexibility index (Phi) is 12.5. The molecule has 4 heterocycles. The number of sulfone groups is 2. The maximum absolute atomic E-state index is 13.1. The minimum Gasteiger partial charge on any atom is -0.369 e. The Bertz CT molecular complexity index is 3070. The van der Waals surface area contributed by atoms with Gasteiger partial charge in [0.1, 0.15) is 18.1 Å². The summed E-state index contributed by atoms with van der Waals surface area (Å²) >= 11 is 0. The van der Waals surface area contributed by atoms with E-state index in [1.807, 2.05) is 84.3 Å². The number of carbonyl (C=O) groups is 2. The van der Waals surface area contributed by atoms with Gasteiger partial charge in [-0.1, -0.05) is 59.7 Å². The number of rotatable bonds is 15. The summed E-state index contributed by atoms with van der Waals surface area (Å²) in [5.41, 5.74) is 4.50. The van der Waals surface area contributed by atoms with E-state index < -0.39 is 25.2 Å². The fourth-order valence-corrected chi connectivity index (χ4v) is 11.6. The molecular weight excluding hydrogens is 877 g/mol. The zero-order valence-electron chi connectivity index (χ0n) is 37.1. The molecule has 3 aliphatic rings. The molecule has 2 aliphatic heterocycles. The van der Waals surface area contributed by atoms with Crippen molar-refractivity contribution in [2.24, 2.45) is 0 Å². The number of hydrogen-bond acceptors (Lipinski definition) is 14. The zero-order chi connectivity index (χ0) is 46.1. The first-order valence-corrected chi connectivity index (χ1v) is 25.8. The molecule has 4 aromatic carbocycles. The molecular formula is C48H54N10O6S2. The van der Waals surface area contributed by atoms with Gasteiger partial charge in [0.25, 0.3) is 0 Å². The second-order valence-corrected chi connectivity index (χ2v) is 21.8. The molecule has 0 radical (unpaired) electrons. The highest BCUT2D eigenvalue weighted by atomic mass is 32.2. The number of hydrogen-bond donors (Lipinski definition) is 4. The molecule has 1 saturated carbocycles. The second kappa shape index (κ2) is 18.5. The van der Waals surface area contributed by atoms with Crippen molar-refractivity contribution in [3.05, 3.63) is 107 Å². The first kappa shape index (κ1) is 44.8. The number of carbonyl (C=O) groups excluding carboxylic acids is 2. The number of aromatic nitrogens is 4. The molecule has 2 amide bonds. The molecule has 18 heteroatoms. The SMILES string of the molecule is Cc1ccc2nc(N3CCS(=O)(=O)c4ccccc4C3)nc(NCCCCCNC(=O)CC(=O)NC3(CNc4nc(N5CCS(=O)(=O)c6ccccc6C5)nc5ccc(C)cc45)CC3)c2c1. The molecule has 0 unspecified atom stereocenters. The minimum atomic E-state index is -3.46. The van der Waals surface area contributed by atoms with E-state index in [1.54, 1.807) is 24.3 Å². The monoisotopic (exact) mass is 930 g/mol. The summed E-state index contributed by atoms with van der Waals surface area (Å²) in [6.45, 7) is 6.73. The molecule has 66 heavy (non-hydrogen) atoms. The molecule has 9 rings (SSSR count). The highest BCUT2D eigenvalue weighted by molar-refractivity contribution is 7.91. The van der Waals surface area contributed by atoms with E-state index in [4.69, 9.17) is 19.9 Å². The standard InChI is InChI=1S/C48H54N10O6S2/c1-32-14-16-38-36(26-32)44(54-46(52-38)57-22-24-65(61,62)40-12-6-4-10-34(40)29-57)50-21-9-3-8-20-49-42(59)28-43(60)56-48(18-19-48)31-51-45-37-27-33(2)15-17-39(37)53-47(55-45)58-23-25-66(63,64)41-13-7-5-11-35(41)30-58/h4-7,10-17,26-27H,3,8-9,18-25,28-31H2,1-2H3,(H,49,59)(H,56,60)(H,50,52,54)(H,51,53,55). The quantitative estimate of drug-likeness (QED) is 0.0728. The Hall–Kier alpha value is -6.40. The number of anilines is 4. The third-order valence-electron chi connectivity index (χ3n) is 12.5. The predicted molar refractivity (Wildman–Crippen MR) is 256 cm³/mol. The molecule has 1 aliphatic carbocycles. The Morgan fingerprint density at radius 1 is 0.621 bits per heavy atom. The number of amides is 2. The van der Waals surface area contributed by atoms with Gasteiger partial charge in [-0.05, 0) is 93.5 Å². The van der Waals surface area contributed by atoms with E-state index in [2.05, 4.69) is 21.3 Å². The van der Waals surface area contributed by atoms with Crippen LogP contribution >= 0.6 is 0 Å². The number of nitrogens with zero attached hydrogens (tertiary/aromatic N) is 6. The number of nitrogens with one attached hydrogen (secondary N) is 4. The van der Waals surface area contributed by atoms with Crippen LogP contribution in [0.4, 0.5) is 23.5 Å². The Labute approximate surface area is 384 Å².